The maximum absolute atomic E-state index is 13.8. The fraction of sp³-hybridized carbons (Fsp3) is 0.391. The van der Waals surface area contributed by atoms with Gasteiger partial charge in [-0.15, -0.1) is 0 Å². The molecule has 0 aliphatic carbocycles. The van der Waals surface area contributed by atoms with Crippen LogP contribution in [0.1, 0.15) is 42.1 Å². The largest absolute Gasteiger partial charge is 0.356 e. The molecule has 1 aliphatic heterocycles. The molecule has 2 unspecified atom stereocenters. The standard InChI is InChI=1S/C23H26F2N2O2/c1-15(2)10-11-26-22(28)21-14-27(23(29)16-6-8-18(24)9-7-16)13-20(21)17-4-3-5-19(25)12-17/h3-9,12,15,20-21H,10-11,13-14H2,1-2H3,(H,26,28). The van der Waals surface area contributed by atoms with E-state index in [-0.39, 0.29) is 30.1 Å². The van der Waals surface area contributed by atoms with Crippen LogP contribution in [0.3, 0.4) is 0 Å². The molecule has 2 aromatic rings. The van der Waals surface area contributed by atoms with Crippen LogP contribution in [0.2, 0.25) is 0 Å². The summed E-state index contributed by atoms with van der Waals surface area (Å²) in [6, 6.07) is 11.5. The molecule has 2 amide bonds. The normalized spacial score (nSPS) is 18.9. The number of carbonyl (C=O) groups excluding carboxylic acids is 2. The van der Waals surface area contributed by atoms with Crippen molar-refractivity contribution in [3.63, 3.8) is 0 Å². The van der Waals surface area contributed by atoms with Crippen LogP contribution < -0.4 is 5.32 Å². The Kier molecular flexibility index (Phi) is 6.62. The first-order valence-electron chi connectivity index (χ1n) is 9.93. The Balaban J connectivity index is 1.80. The van der Waals surface area contributed by atoms with Gasteiger partial charge in [0.1, 0.15) is 11.6 Å². The number of hydrogen-bond acceptors (Lipinski definition) is 2. The van der Waals surface area contributed by atoms with Gasteiger partial charge in [0.15, 0.2) is 0 Å². The molecule has 1 heterocycles. The average molecular weight is 400 g/mol. The second kappa shape index (κ2) is 9.16. The third-order valence-corrected chi connectivity index (χ3v) is 5.33. The second-order valence-electron chi connectivity index (χ2n) is 7.96. The highest BCUT2D eigenvalue weighted by molar-refractivity contribution is 5.95. The number of nitrogens with one attached hydrogen (secondary N) is 1. The lowest BCUT2D eigenvalue weighted by Crippen LogP contribution is -2.36. The van der Waals surface area contributed by atoms with E-state index in [0.717, 1.165) is 6.42 Å². The fourth-order valence-electron chi connectivity index (χ4n) is 3.70. The van der Waals surface area contributed by atoms with Gasteiger partial charge in [0.05, 0.1) is 5.92 Å². The third-order valence-electron chi connectivity index (χ3n) is 5.33. The van der Waals surface area contributed by atoms with Gasteiger partial charge in [-0.25, -0.2) is 8.78 Å². The Hall–Kier alpha value is -2.76. The number of hydrogen-bond donors (Lipinski definition) is 1. The lowest BCUT2D eigenvalue weighted by atomic mass is 9.88. The molecule has 1 saturated heterocycles. The number of nitrogens with zero attached hydrogens (tertiary/aromatic N) is 1. The minimum absolute atomic E-state index is 0.130. The van der Waals surface area contributed by atoms with Crippen LogP contribution in [0, 0.1) is 23.5 Å². The van der Waals surface area contributed by atoms with Gasteiger partial charge in [-0.1, -0.05) is 26.0 Å². The van der Waals surface area contributed by atoms with Gasteiger partial charge in [0, 0.05) is 31.1 Å². The van der Waals surface area contributed by atoms with Gasteiger partial charge < -0.3 is 10.2 Å². The molecule has 6 heteroatoms. The van der Waals surface area contributed by atoms with E-state index < -0.39 is 11.7 Å². The number of rotatable bonds is 6. The molecule has 2 aromatic carbocycles. The molecule has 0 spiro atoms. The van der Waals surface area contributed by atoms with Gasteiger partial charge >= 0.3 is 0 Å². The summed E-state index contributed by atoms with van der Waals surface area (Å²) < 4.78 is 27.0. The van der Waals surface area contributed by atoms with Crippen molar-refractivity contribution in [3.8, 4) is 0 Å². The zero-order valence-electron chi connectivity index (χ0n) is 16.7. The van der Waals surface area contributed by atoms with Gasteiger partial charge in [0.25, 0.3) is 5.91 Å². The van der Waals surface area contributed by atoms with Crippen molar-refractivity contribution in [1.82, 2.24) is 10.2 Å². The fourth-order valence-corrected chi connectivity index (χ4v) is 3.70. The second-order valence-corrected chi connectivity index (χ2v) is 7.96. The third kappa shape index (κ3) is 5.19. The van der Waals surface area contributed by atoms with E-state index >= 15 is 0 Å². The zero-order valence-corrected chi connectivity index (χ0v) is 16.7. The van der Waals surface area contributed by atoms with Gasteiger partial charge in [-0.2, -0.15) is 0 Å². The highest BCUT2D eigenvalue weighted by Gasteiger charge is 2.40. The van der Waals surface area contributed by atoms with Crippen molar-refractivity contribution in [1.29, 1.82) is 0 Å². The summed E-state index contributed by atoms with van der Waals surface area (Å²) in [6.07, 6.45) is 0.862. The van der Waals surface area contributed by atoms with Crippen molar-refractivity contribution >= 4 is 11.8 Å². The monoisotopic (exact) mass is 400 g/mol. The topological polar surface area (TPSA) is 49.4 Å². The van der Waals surface area contributed by atoms with Crippen LogP contribution in [-0.2, 0) is 4.79 Å². The minimum atomic E-state index is -0.464. The smallest absolute Gasteiger partial charge is 0.253 e. The first kappa shape index (κ1) is 21.0. The summed E-state index contributed by atoms with van der Waals surface area (Å²) >= 11 is 0. The Bertz CT molecular complexity index is 867. The summed E-state index contributed by atoms with van der Waals surface area (Å²) in [5.41, 5.74) is 1.06. The highest BCUT2D eigenvalue weighted by Crippen LogP contribution is 2.34. The molecule has 29 heavy (non-hydrogen) atoms. The van der Waals surface area contributed by atoms with E-state index in [1.54, 1.807) is 17.0 Å². The molecule has 1 aliphatic rings. The predicted molar refractivity (Wildman–Crippen MR) is 107 cm³/mol. The molecule has 1 N–H and O–H groups in total. The van der Waals surface area contributed by atoms with Crippen molar-refractivity contribution in [2.75, 3.05) is 19.6 Å². The molecule has 0 aromatic heterocycles. The summed E-state index contributed by atoms with van der Waals surface area (Å²) in [4.78, 5) is 27.3. The first-order chi connectivity index (χ1) is 13.8. The molecule has 0 radical (unpaired) electrons. The zero-order chi connectivity index (χ0) is 21.0. The first-order valence-corrected chi connectivity index (χ1v) is 9.93. The van der Waals surface area contributed by atoms with E-state index in [1.165, 1.54) is 36.4 Å². The van der Waals surface area contributed by atoms with Crippen LogP contribution in [-0.4, -0.2) is 36.3 Å². The molecule has 2 atom stereocenters. The minimum Gasteiger partial charge on any atom is -0.356 e. The van der Waals surface area contributed by atoms with Crippen LogP contribution >= 0.6 is 0 Å². The molecule has 3 rings (SSSR count). The molecular formula is C23H26F2N2O2. The van der Waals surface area contributed by atoms with Crippen molar-refractivity contribution in [2.24, 2.45) is 11.8 Å². The lowest BCUT2D eigenvalue weighted by Gasteiger charge is -2.18. The quantitative estimate of drug-likeness (QED) is 0.797. The van der Waals surface area contributed by atoms with E-state index in [9.17, 15) is 18.4 Å². The van der Waals surface area contributed by atoms with Crippen LogP contribution in [0.4, 0.5) is 8.78 Å². The molecule has 0 saturated carbocycles. The summed E-state index contributed by atoms with van der Waals surface area (Å²) in [6.45, 7) is 5.28. The van der Waals surface area contributed by atoms with E-state index in [2.05, 4.69) is 19.2 Å². The maximum atomic E-state index is 13.8. The predicted octanol–water partition coefficient (Wildman–Crippen LogP) is 3.98. The SMILES string of the molecule is CC(C)CCNC(=O)C1CN(C(=O)c2ccc(F)cc2)CC1c1cccc(F)c1. The molecule has 0 bridgehead atoms. The van der Waals surface area contributed by atoms with Crippen molar-refractivity contribution < 1.29 is 18.4 Å². The van der Waals surface area contributed by atoms with Crippen molar-refractivity contribution in [3.05, 3.63) is 71.3 Å². The van der Waals surface area contributed by atoms with Crippen molar-refractivity contribution in [2.45, 2.75) is 26.2 Å². The average Bonchev–Trinajstić information content (AvgIpc) is 3.13. The van der Waals surface area contributed by atoms with Crippen LogP contribution in [0.15, 0.2) is 48.5 Å². The molecule has 4 nitrogen and oxygen atoms in total. The molecular weight excluding hydrogens is 374 g/mol. The molecule has 1 fully saturated rings. The summed E-state index contributed by atoms with van der Waals surface area (Å²) in [5, 5.41) is 2.96. The number of likely N-dealkylation sites (tertiary alicyclic amines) is 1. The maximum Gasteiger partial charge on any atom is 0.253 e. The summed E-state index contributed by atoms with van der Waals surface area (Å²) in [7, 11) is 0. The Morgan fingerprint density at radius 3 is 2.45 bits per heavy atom. The van der Waals surface area contributed by atoms with Gasteiger partial charge in [-0.05, 0) is 54.3 Å². The Morgan fingerprint density at radius 1 is 1.07 bits per heavy atom. The summed E-state index contributed by atoms with van der Waals surface area (Å²) in [5.74, 6) is -1.47. The van der Waals surface area contributed by atoms with Crippen LogP contribution in [0.5, 0.6) is 0 Å². The van der Waals surface area contributed by atoms with E-state index in [4.69, 9.17) is 0 Å². The van der Waals surface area contributed by atoms with Gasteiger partial charge in [-0.3, -0.25) is 9.59 Å². The lowest BCUT2D eigenvalue weighted by molar-refractivity contribution is -0.124. The van der Waals surface area contributed by atoms with E-state index in [1.807, 2.05) is 0 Å². The number of carbonyl (C=O) groups is 2. The number of amides is 2. The van der Waals surface area contributed by atoms with Crippen LogP contribution in [0.25, 0.3) is 0 Å². The molecule has 154 valence electrons. The Morgan fingerprint density at radius 2 is 1.79 bits per heavy atom. The van der Waals surface area contributed by atoms with Gasteiger partial charge in [0.2, 0.25) is 5.91 Å². The Labute approximate surface area is 169 Å². The highest BCUT2D eigenvalue weighted by atomic mass is 19.1. The number of halogens is 2. The number of benzene rings is 2. The van der Waals surface area contributed by atoms with E-state index in [0.29, 0.717) is 30.1 Å².